The second-order valence-electron chi connectivity index (χ2n) is 4.23. The molecule has 90 valence electrons. The molecule has 0 amide bonds. The van der Waals surface area contributed by atoms with E-state index in [0.29, 0.717) is 18.2 Å². The molecule has 0 radical (unpaired) electrons. The van der Waals surface area contributed by atoms with Gasteiger partial charge >= 0.3 is 0 Å². The Kier molecular flexibility index (Phi) is 4.03. The van der Waals surface area contributed by atoms with Gasteiger partial charge in [0, 0.05) is 29.9 Å². The van der Waals surface area contributed by atoms with E-state index >= 15 is 0 Å². The molecule has 3 nitrogen and oxygen atoms in total. The lowest BCUT2D eigenvalue weighted by Gasteiger charge is -2.24. The molecule has 1 aromatic rings. The third kappa shape index (κ3) is 3.21. The molecule has 1 fully saturated rings. The summed E-state index contributed by atoms with van der Waals surface area (Å²) in [5.74, 6) is 0. The number of ether oxygens (including phenoxy) is 1. The van der Waals surface area contributed by atoms with Crippen LogP contribution in [0.2, 0.25) is 0 Å². The highest BCUT2D eigenvalue weighted by atomic mass is 79.9. The van der Waals surface area contributed by atoms with Crippen LogP contribution >= 0.6 is 15.9 Å². The van der Waals surface area contributed by atoms with Crippen molar-refractivity contribution < 1.29 is 4.74 Å². The molecule has 4 heteroatoms. The van der Waals surface area contributed by atoms with Crippen LogP contribution in [0.25, 0.3) is 0 Å². The SMILES string of the molecule is COCCN(c1cc(Br)cc(C#N)c1)C1CC1. The molecule has 0 N–H and O–H groups in total. The Bertz CT molecular complexity index is 438. The Morgan fingerprint density at radius 1 is 1.47 bits per heavy atom. The summed E-state index contributed by atoms with van der Waals surface area (Å²) in [6.07, 6.45) is 2.47. The summed E-state index contributed by atoms with van der Waals surface area (Å²) in [7, 11) is 1.71. The third-order valence-electron chi connectivity index (χ3n) is 2.87. The molecule has 1 aliphatic carbocycles. The molecule has 1 aromatic carbocycles. The normalized spacial score (nSPS) is 14.4. The minimum Gasteiger partial charge on any atom is -0.383 e. The van der Waals surface area contributed by atoms with Crippen LogP contribution in [0.1, 0.15) is 18.4 Å². The molecule has 2 rings (SSSR count). The molecule has 0 aromatic heterocycles. The summed E-state index contributed by atoms with van der Waals surface area (Å²) in [6.45, 7) is 1.59. The Labute approximate surface area is 110 Å². The van der Waals surface area contributed by atoms with Crippen LogP contribution in [-0.2, 0) is 4.74 Å². The molecule has 1 saturated carbocycles. The van der Waals surface area contributed by atoms with Crippen molar-refractivity contribution in [1.29, 1.82) is 5.26 Å². The molecule has 17 heavy (non-hydrogen) atoms. The van der Waals surface area contributed by atoms with Crippen molar-refractivity contribution in [3.05, 3.63) is 28.2 Å². The largest absolute Gasteiger partial charge is 0.383 e. The van der Waals surface area contributed by atoms with Crippen LogP contribution in [0.4, 0.5) is 5.69 Å². The molecular weight excluding hydrogens is 280 g/mol. The highest BCUT2D eigenvalue weighted by Gasteiger charge is 2.29. The lowest BCUT2D eigenvalue weighted by atomic mass is 10.2. The van der Waals surface area contributed by atoms with Gasteiger partial charge in [0.05, 0.1) is 18.2 Å². The summed E-state index contributed by atoms with van der Waals surface area (Å²) in [4.78, 5) is 2.33. The van der Waals surface area contributed by atoms with Crippen LogP contribution in [0.15, 0.2) is 22.7 Å². The van der Waals surface area contributed by atoms with Crippen molar-refractivity contribution >= 4 is 21.6 Å². The maximum atomic E-state index is 8.98. The molecule has 0 atom stereocenters. The Morgan fingerprint density at radius 2 is 2.24 bits per heavy atom. The van der Waals surface area contributed by atoms with Crippen molar-refractivity contribution in [2.75, 3.05) is 25.2 Å². The fraction of sp³-hybridized carbons (Fsp3) is 0.462. The summed E-state index contributed by atoms with van der Waals surface area (Å²) >= 11 is 3.45. The highest BCUT2D eigenvalue weighted by molar-refractivity contribution is 9.10. The zero-order valence-electron chi connectivity index (χ0n) is 9.82. The van der Waals surface area contributed by atoms with Crippen LogP contribution in [0.5, 0.6) is 0 Å². The van der Waals surface area contributed by atoms with Gasteiger partial charge in [0.25, 0.3) is 0 Å². The first-order chi connectivity index (χ1) is 8.24. The number of halogens is 1. The van der Waals surface area contributed by atoms with Gasteiger partial charge in [-0.2, -0.15) is 5.26 Å². The Hall–Kier alpha value is -1.05. The minimum absolute atomic E-state index is 0.617. The van der Waals surface area contributed by atoms with E-state index in [9.17, 15) is 0 Å². The van der Waals surface area contributed by atoms with Crippen LogP contribution in [-0.4, -0.2) is 26.3 Å². The van der Waals surface area contributed by atoms with Crippen molar-refractivity contribution in [2.45, 2.75) is 18.9 Å². The lowest BCUT2D eigenvalue weighted by molar-refractivity contribution is 0.205. The lowest BCUT2D eigenvalue weighted by Crippen LogP contribution is -2.29. The molecule has 0 unspecified atom stereocenters. The Morgan fingerprint density at radius 3 is 2.82 bits per heavy atom. The van der Waals surface area contributed by atoms with E-state index in [1.54, 1.807) is 7.11 Å². The molecule has 0 heterocycles. The highest BCUT2D eigenvalue weighted by Crippen LogP contribution is 2.33. The zero-order valence-corrected chi connectivity index (χ0v) is 11.4. The van der Waals surface area contributed by atoms with Crippen LogP contribution < -0.4 is 4.90 Å². The van der Waals surface area contributed by atoms with Gasteiger partial charge in [-0.15, -0.1) is 0 Å². The van der Waals surface area contributed by atoms with Crippen molar-refractivity contribution in [3.63, 3.8) is 0 Å². The second kappa shape index (κ2) is 5.52. The first-order valence-electron chi connectivity index (χ1n) is 5.71. The van der Waals surface area contributed by atoms with Crippen molar-refractivity contribution in [3.8, 4) is 6.07 Å². The smallest absolute Gasteiger partial charge is 0.0992 e. The van der Waals surface area contributed by atoms with Crippen LogP contribution in [0, 0.1) is 11.3 Å². The topological polar surface area (TPSA) is 36.3 Å². The monoisotopic (exact) mass is 294 g/mol. The van der Waals surface area contributed by atoms with Crippen LogP contribution in [0.3, 0.4) is 0 Å². The van der Waals surface area contributed by atoms with Gasteiger partial charge in [0.15, 0.2) is 0 Å². The number of methoxy groups -OCH3 is 1. The van der Waals surface area contributed by atoms with Gasteiger partial charge in [-0.1, -0.05) is 15.9 Å². The minimum atomic E-state index is 0.617. The van der Waals surface area contributed by atoms with E-state index in [2.05, 4.69) is 33.0 Å². The zero-order chi connectivity index (χ0) is 12.3. The predicted octanol–water partition coefficient (Wildman–Crippen LogP) is 2.94. The average molecular weight is 295 g/mol. The van der Waals surface area contributed by atoms with E-state index in [1.165, 1.54) is 12.8 Å². The molecular formula is C13H15BrN2O. The molecule has 0 aliphatic heterocycles. The first-order valence-corrected chi connectivity index (χ1v) is 6.50. The molecule has 0 saturated heterocycles. The predicted molar refractivity (Wildman–Crippen MR) is 71.1 cm³/mol. The van der Waals surface area contributed by atoms with Gasteiger partial charge in [-0.05, 0) is 31.0 Å². The maximum absolute atomic E-state index is 8.98. The van der Waals surface area contributed by atoms with Gasteiger partial charge < -0.3 is 9.64 Å². The second-order valence-corrected chi connectivity index (χ2v) is 5.14. The van der Waals surface area contributed by atoms with Gasteiger partial charge in [0.2, 0.25) is 0 Å². The van der Waals surface area contributed by atoms with E-state index < -0.39 is 0 Å². The number of benzene rings is 1. The first kappa shape index (κ1) is 12.4. The summed E-state index contributed by atoms with van der Waals surface area (Å²) in [5.41, 5.74) is 1.80. The average Bonchev–Trinajstić information content (AvgIpc) is 3.13. The number of hydrogen-bond donors (Lipinski definition) is 0. The molecule has 0 spiro atoms. The fourth-order valence-corrected chi connectivity index (χ4v) is 2.38. The molecule has 0 bridgehead atoms. The number of nitrogens with zero attached hydrogens (tertiary/aromatic N) is 2. The van der Waals surface area contributed by atoms with E-state index in [-0.39, 0.29) is 0 Å². The summed E-state index contributed by atoms with van der Waals surface area (Å²) in [6, 6.07) is 8.65. The van der Waals surface area contributed by atoms with E-state index in [4.69, 9.17) is 10.00 Å². The quantitative estimate of drug-likeness (QED) is 0.838. The summed E-state index contributed by atoms with van der Waals surface area (Å²) in [5, 5.41) is 8.98. The maximum Gasteiger partial charge on any atom is 0.0992 e. The Balaban J connectivity index is 2.22. The molecule has 1 aliphatic rings. The standard InChI is InChI=1S/C13H15BrN2O/c1-17-5-4-16(12-2-3-12)13-7-10(9-15)6-11(14)8-13/h6-8,12H,2-5H2,1H3. The number of nitriles is 1. The number of rotatable bonds is 5. The van der Waals surface area contributed by atoms with E-state index in [0.717, 1.165) is 16.7 Å². The number of hydrogen-bond acceptors (Lipinski definition) is 3. The summed E-state index contributed by atoms with van der Waals surface area (Å²) < 4.78 is 6.09. The van der Waals surface area contributed by atoms with Gasteiger partial charge in [0.1, 0.15) is 0 Å². The third-order valence-corrected chi connectivity index (χ3v) is 3.33. The van der Waals surface area contributed by atoms with Gasteiger partial charge in [-0.3, -0.25) is 0 Å². The number of anilines is 1. The van der Waals surface area contributed by atoms with E-state index in [1.807, 2.05) is 12.1 Å². The van der Waals surface area contributed by atoms with Crippen molar-refractivity contribution in [1.82, 2.24) is 0 Å². The van der Waals surface area contributed by atoms with Gasteiger partial charge in [-0.25, -0.2) is 0 Å². The fourth-order valence-electron chi connectivity index (χ4n) is 1.90. The van der Waals surface area contributed by atoms with Crippen molar-refractivity contribution in [2.24, 2.45) is 0 Å².